The lowest BCUT2D eigenvalue weighted by Gasteiger charge is -2.38. The Kier molecular flexibility index (Phi) is 5.42. The third kappa shape index (κ3) is 2.72. The third-order valence-corrected chi connectivity index (χ3v) is 2.70. The van der Waals surface area contributed by atoms with Crippen LogP contribution in [0.1, 0.15) is 27.2 Å². The molecule has 0 rings (SSSR count). The van der Waals surface area contributed by atoms with Gasteiger partial charge >= 0.3 is 0 Å². The smallest absolute Gasteiger partial charge is 0.102 e. The van der Waals surface area contributed by atoms with Gasteiger partial charge in [-0.2, -0.15) is 0 Å². The van der Waals surface area contributed by atoms with Crippen LogP contribution >= 0.6 is 0 Å². The molecule has 0 amide bonds. The summed E-state index contributed by atoms with van der Waals surface area (Å²) in [6, 6.07) is 0. The van der Waals surface area contributed by atoms with Crippen LogP contribution in [-0.2, 0) is 0 Å². The minimum absolute atomic E-state index is 0.0269. The summed E-state index contributed by atoms with van der Waals surface area (Å²) < 4.78 is 12.2. The molecule has 0 aliphatic rings. The molecule has 0 aromatic heterocycles. The maximum absolute atomic E-state index is 12.2. The van der Waals surface area contributed by atoms with Gasteiger partial charge in [-0.05, 0) is 19.9 Å². The minimum atomic E-state index is -0.288. The van der Waals surface area contributed by atoms with E-state index in [1.165, 1.54) is 0 Å². The molecule has 0 aliphatic heterocycles. The molecule has 0 aromatic carbocycles. The molecule has 0 aromatic rings. The molecular weight excluding hydrogens is 155 g/mol. The van der Waals surface area contributed by atoms with E-state index in [0.717, 1.165) is 13.0 Å². The van der Waals surface area contributed by atoms with Gasteiger partial charge in [0.05, 0.1) is 0 Å². The highest BCUT2D eigenvalue weighted by molar-refractivity contribution is 4.85. The summed E-state index contributed by atoms with van der Waals surface area (Å²) >= 11 is 0. The number of likely N-dealkylation sites (N-methyl/N-ethyl adjacent to an activating group) is 1. The van der Waals surface area contributed by atoms with E-state index in [0.29, 0.717) is 13.1 Å². The first-order chi connectivity index (χ1) is 5.64. The minimum Gasteiger partial charge on any atom is -0.329 e. The van der Waals surface area contributed by atoms with Crippen LogP contribution in [0.5, 0.6) is 0 Å². The molecule has 3 heteroatoms. The molecule has 2 N–H and O–H groups in total. The summed E-state index contributed by atoms with van der Waals surface area (Å²) in [6.07, 6.45) is 0.970. The molecular formula is C9H21FN2. The second-order valence-corrected chi connectivity index (χ2v) is 3.32. The van der Waals surface area contributed by atoms with E-state index in [4.69, 9.17) is 5.73 Å². The van der Waals surface area contributed by atoms with Crippen LogP contribution in [0.3, 0.4) is 0 Å². The normalized spacial score (nSPS) is 16.5. The van der Waals surface area contributed by atoms with Crippen LogP contribution in [0.15, 0.2) is 0 Å². The molecule has 0 saturated carbocycles. The van der Waals surface area contributed by atoms with Crippen molar-refractivity contribution >= 4 is 0 Å². The van der Waals surface area contributed by atoms with Gasteiger partial charge in [0.25, 0.3) is 0 Å². The molecule has 0 saturated heterocycles. The maximum Gasteiger partial charge on any atom is 0.102 e. The quantitative estimate of drug-likeness (QED) is 0.663. The molecule has 74 valence electrons. The van der Waals surface area contributed by atoms with E-state index in [2.05, 4.69) is 18.7 Å². The van der Waals surface area contributed by atoms with E-state index >= 15 is 0 Å². The van der Waals surface area contributed by atoms with Crippen LogP contribution in [0.2, 0.25) is 0 Å². The van der Waals surface area contributed by atoms with Crippen molar-refractivity contribution in [3.63, 3.8) is 0 Å². The maximum atomic E-state index is 12.2. The second kappa shape index (κ2) is 5.49. The first kappa shape index (κ1) is 11.8. The highest BCUT2D eigenvalue weighted by Crippen LogP contribution is 2.16. The van der Waals surface area contributed by atoms with E-state index in [9.17, 15) is 4.39 Å². The van der Waals surface area contributed by atoms with Gasteiger partial charge in [0.2, 0.25) is 0 Å². The average Bonchev–Trinajstić information content (AvgIpc) is 2.13. The largest absolute Gasteiger partial charge is 0.329 e. The van der Waals surface area contributed by atoms with Crippen LogP contribution in [0.4, 0.5) is 4.39 Å². The Labute approximate surface area is 74.9 Å². The Bertz CT molecular complexity index is 113. The molecule has 0 aliphatic carbocycles. The predicted molar refractivity (Wildman–Crippen MR) is 51.0 cm³/mol. The van der Waals surface area contributed by atoms with Gasteiger partial charge in [0, 0.05) is 18.6 Å². The fourth-order valence-electron chi connectivity index (χ4n) is 1.41. The average molecular weight is 176 g/mol. The lowest BCUT2D eigenvalue weighted by Crippen LogP contribution is -2.51. The second-order valence-electron chi connectivity index (χ2n) is 3.32. The number of alkyl halides is 1. The van der Waals surface area contributed by atoms with E-state index in [1.807, 2.05) is 6.92 Å². The molecule has 0 bridgehead atoms. The SMILES string of the molecule is CCN(CCF)C(C)(CC)CN. The van der Waals surface area contributed by atoms with Crippen molar-refractivity contribution in [3.8, 4) is 0 Å². The van der Waals surface area contributed by atoms with Crippen molar-refractivity contribution in [2.24, 2.45) is 5.73 Å². The molecule has 0 heterocycles. The summed E-state index contributed by atoms with van der Waals surface area (Å²) in [5, 5.41) is 0. The fraction of sp³-hybridized carbons (Fsp3) is 1.00. The number of hydrogen-bond acceptors (Lipinski definition) is 2. The highest BCUT2D eigenvalue weighted by atomic mass is 19.1. The van der Waals surface area contributed by atoms with Crippen molar-refractivity contribution < 1.29 is 4.39 Å². The number of halogens is 1. The fourth-order valence-corrected chi connectivity index (χ4v) is 1.41. The first-order valence-corrected chi connectivity index (χ1v) is 4.65. The van der Waals surface area contributed by atoms with Crippen molar-refractivity contribution in [2.75, 3.05) is 26.3 Å². The summed E-state index contributed by atoms with van der Waals surface area (Å²) in [7, 11) is 0. The Morgan fingerprint density at radius 3 is 2.25 bits per heavy atom. The van der Waals surface area contributed by atoms with Crippen molar-refractivity contribution in [1.29, 1.82) is 0 Å². The number of hydrogen-bond donors (Lipinski definition) is 1. The zero-order chi connectivity index (χ0) is 9.61. The van der Waals surface area contributed by atoms with E-state index in [-0.39, 0.29) is 12.2 Å². The van der Waals surface area contributed by atoms with Crippen molar-refractivity contribution in [2.45, 2.75) is 32.7 Å². The van der Waals surface area contributed by atoms with Gasteiger partial charge in [-0.15, -0.1) is 0 Å². The van der Waals surface area contributed by atoms with Crippen molar-refractivity contribution in [1.82, 2.24) is 4.90 Å². The van der Waals surface area contributed by atoms with E-state index in [1.54, 1.807) is 0 Å². The zero-order valence-corrected chi connectivity index (χ0v) is 8.44. The molecule has 1 unspecified atom stereocenters. The number of nitrogens with zero attached hydrogens (tertiary/aromatic N) is 1. The third-order valence-electron chi connectivity index (χ3n) is 2.70. The monoisotopic (exact) mass is 176 g/mol. The van der Waals surface area contributed by atoms with Crippen molar-refractivity contribution in [3.05, 3.63) is 0 Å². The van der Waals surface area contributed by atoms with Gasteiger partial charge in [-0.1, -0.05) is 13.8 Å². The Morgan fingerprint density at radius 2 is 2.00 bits per heavy atom. The molecule has 0 fully saturated rings. The van der Waals surface area contributed by atoms with Crippen LogP contribution in [0.25, 0.3) is 0 Å². The van der Waals surface area contributed by atoms with Crippen LogP contribution < -0.4 is 5.73 Å². The summed E-state index contributed by atoms with van der Waals surface area (Å²) in [4.78, 5) is 2.10. The van der Waals surface area contributed by atoms with Crippen LogP contribution in [0, 0.1) is 0 Å². The Hall–Kier alpha value is -0.150. The van der Waals surface area contributed by atoms with Gasteiger partial charge in [0.1, 0.15) is 6.67 Å². The van der Waals surface area contributed by atoms with Gasteiger partial charge in [-0.3, -0.25) is 4.90 Å². The predicted octanol–water partition coefficient (Wildman–Crippen LogP) is 1.41. The van der Waals surface area contributed by atoms with E-state index < -0.39 is 0 Å². The topological polar surface area (TPSA) is 29.3 Å². The number of nitrogens with two attached hydrogens (primary N) is 1. The summed E-state index contributed by atoms with van der Waals surface area (Å²) in [5.41, 5.74) is 5.63. The highest BCUT2D eigenvalue weighted by Gasteiger charge is 2.26. The zero-order valence-electron chi connectivity index (χ0n) is 8.44. The molecule has 0 radical (unpaired) electrons. The summed E-state index contributed by atoms with van der Waals surface area (Å²) in [5.74, 6) is 0. The first-order valence-electron chi connectivity index (χ1n) is 4.65. The number of rotatable bonds is 6. The lowest BCUT2D eigenvalue weighted by atomic mass is 9.96. The Morgan fingerprint density at radius 1 is 1.42 bits per heavy atom. The van der Waals surface area contributed by atoms with Gasteiger partial charge in [0.15, 0.2) is 0 Å². The lowest BCUT2D eigenvalue weighted by molar-refractivity contribution is 0.104. The Balaban J connectivity index is 4.21. The molecule has 2 nitrogen and oxygen atoms in total. The molecule has 0 spiro atoms. The van der Waals surface area contributed by atoms with Gasteiger partial charge < -0.3 is 5.73 Å². The van der Waals surface area contributed by atoms with Crippen LogP contribution in [-0.4, -0.2) is 36.7 Å². The summed E-state index contributed by atoms with van der Waals surface area (Å²) in [6.45, 7) is 7.89. The molecule has 1 atom stereocenters. The standard InChI is InChI=1S/C9H21FN2/c1-4-9(3,8-11)12(5-2)7-6-10/h4-8,11H2,1-3H3. The molecule has 12 heavy (non-hydrogen) atoms. The van der Waals surface area contributed by atoms with Gasteiger partial charge in [-0.25, -0.2) is 4.39 Å².